The minimum absolute atomic E-state index is 0.0278. The van der Waals surface area contributed by atoms with Gasteiger partial charge in [0.15, 0.2) is 0 Å². The van der Waals surface area contributed by atoms with Crippen molar-refractivity contribution >= 4 is 11.9 Å². The second-order valence-corrected chi connectivity index (χ2v) is 5.82. The molecular formula is C13H24N2O3. The van der Waals surface area contributed by atoms with E-state index >= 15 is 0 Å². The van der Waals surface area contributed by atoms with Crippen LogP contribution >= 0.6 is 0 Å². The molecule has 1 N–H and O–H groups in total. The third kappa shape index (κ3) is 3.70. The van der Waals surface area contributed by atoms with Crippen molar-refractivity contribution in [1.82, 2.24) is 9.80 Å². The summed E-state index contributed by atoms with van der Waals surface area (Å²) in [5, 5.41) is 8.86. The number of carbonyl (C=O) groups is 2. The molecule has 0 aromatic carbocycles. The topological polar surface area (TPSA) is 60.9 Å². The fourth-order valence-electron chi connectivity index (χ4n) is 2.40. The van der Waals surface area contributed by atoms with Crippen LogP contribution in [-0.2, 0) is 9.59 Å². The van der Waals surface area contributed by atoms with Gasteiger partial charge in [-0.2, -0.15) is 0 Å². The van der Waals surface area contributed by atoms with Gasteiger partial charge in [-0.1, -0.05) is 0 Å². The Labute approximate surface area is 109 Å². The van der Waals surface area contributed by atoms with E-state index < -0.39 is 11.5 Å². The molecule has 1 heterocycles. The molecule has 1 saturated heterocycles. The van der Waals surface area contributed by atoms with E-state index in [4.69, 9.17) is 5.11 Å². The van der Waals surface area contributed by atoms with Gasteiger partial charge in [0.25, 0.3) is 0 Å². The molecule has 0 aliphatic carbocycles. The van der Waals surface area contributed by atoms with Crippen molar-refractivity contribution in [3.8, 4) is 0 Å². The van der Waals surface area contributed by atoms with Crippen molar-refractivity contribution in [2.45, 2.75) is 51.1 Å². The third-order valence-corrected chi connectivity index (χ3v) is 3.95. The van der Waals surface area contributed by atoms with Gasteiger partial charge in [0.1, 0.15) is 0 Å². The van der Waals surface area contributed by atoms with Crippen LogP contribution < -0.4 is 0 Å². The predicted octanol–water partition coefficient (Wildman–Crippen LogP) is 1.18. The molecule has 1 unspecified atom stereocenters. The van der Waals surface area contributed by atoms with Crippen LogP contribution in [0.3, 0.4) is 0 Å². The monoisotopic (exact) mass is 256 g/mol. The number of rotatable bonds is 5. The Morgan fingerprint density at radius 1 is 1.44 bits per heavy atom. The molecule has 0 saturated carbocycles. The Kier molecular flexibility index (Phi) is 4.73. The highest BCUT2D eigenvalue weighted by atomic mass is 16.4. The van der Waals surface area contributed by atoms with Crippen molar-refractivity contribution in [1.29, 1.82) is 0 Å². The van der Waals surface area contributed by atoms with Crippen LogP contribution in [-0.4, -0.2) is 59.0 Å². The highest BCUT2D eigenvalue weighted by Gasteiger charge is 2.32. The number of aliphatic carboxylic acids is 1. The average molecular weight is 256 g/mol. The van der Waals surface area contributed by atoms with Gasteiger partial charge in [-0.3, -0.25) is 9.59 Å². The normalized spacial score (nSPS) is 21.0. The smallest absolute Gasteiger partial charge is 0.305 e. The lowest BCUT2D eigenvalue weighted by Crippen LogP contribution is -2.47. The van der Waals surface area contributed by atoms with Crippen molar-refractivity contribution < 1.29 is 14.7 Å². The van der Waals surface area contributed by atoms with Crippen LogP contribution in [0.1, 0.15) is 39.5 Å². The zero-order valence-electron chi connectivity index (χ0n) is 11.8. The fraction of sp³-hybridized carbons (Fsp3) is 0.846. The maximum absolute atomic E-state index is 12.2. The second kappa shape index (κ2) is 5.69. The predicted molar refractivity (Wildman–Crippen MR) is 69.4 cm³/mol. The highest BCUT2D eigenvalue weighted by molar-refractivity contribution is 5.78. The van der Waals surface area contributed by atoms with Crippen LogP contribution in [0.4, 0.5) is 0 Å². The summed E-state index contributed by atoms with van der Waals surface area (Å²) in [6, 6.07) is 0.306. The first kappa shape index (κ1) is 15.0. The molecule has 0 radical (unpaired) electrons. The second-order valence-electron chi connectivity index (χ2n) is 5.82. The number of carboxylic acids is 1. The zero-order valence-corrected chi connectivity index (χ0v) is 11.8. The minimum atomic E-state index is -0.877. The van der Waals surface area contributed by atoms with E-state index in [9.17, 15) is 9.59 Å². The molecule has 0 aromatic rings. The molecule has 0 spiro atoms. The van der Waals surface area contributed by atoms with Gasteiger partial charge in [-0.15, -0.1) is 0 Å². The highest BCUT2D eigenvalue weighted by Crippen LogP contribution is 2.22. The van der Waals surface area contributed by atoms with E-state index in [0.29, 0.717) is 12.5 Å². The van der Waals surface area contributed by atoms with Crippen LogP contribution in [0.5, 0.6) is 0 Å². The summed E-state index contributed by atoms with van der Waals surface area (Å²) in [5.41, 5.74) is -0.639. The first-order valence-corrected chi connectivity index (χ1v) is 6.43. The molecule has 1 amide bonds. The summed E-state index contributed by atoms with van der Waals surface area (Å²) in [6.07, 6.45) is 2.64. The quantitative estimate of drug-likeness (QED) is 0.802. The van der Waals surface area contributed by atoms with Crippen molar-refractivity contribution in [3.05, 3.63) is 0 Å². The molecule has 1 rings (SSSR count). The van der Waals surface area contributed by atoms with E-state index in [2.05, 4.69) is 4.90 Å². The molecule has 5 nitrogen and oxygen atoms in total. The molecule has 1 fully saturated rings. The van der Waals surface area contributed by atoms with E-state index in [1.54, 1.807) is 25.8 Å². The summed E-state index contributed by atoms with van der Waals surface area (Å²) in [7, 11) is 3.73. The molecule has 1 atom stereocenters. The average Bonchev–Trinajstić information content (AvgIpc) is 2.61. The lowest BCUT2D eigenvalue weighted by molar-refractivity contribution is -0.143. The van der Waals surface area contributed by atoms with Crippen molar-refractivity contribution in [2.24, 2.45) is 0 Å². The van der Waals surface area contributed by atoms with Gasteiger partial charge >= 0.3 is 5.97 Å². The minimum Gasteiger partial charge on any atom is -0.481 e. The number of hydrogen-bond donors (Lipinski definition) is 1. The lowest BCUT2D eigenvalue weighted by Gasteiger charge is -2.35. The Morgan fingerprint density at radius 2 is 2.06 bits per heavy atom. The maximum atomic E-state index is 12.2. The molecule has 0 aromatic heterocycles. The molecular weight excluding hydrogens is 232 g/mol. The Bertz CT molecular complexity index is 328. The summed E-state index contributed by atoms with van der Waals surface area (Å²) in [5.74, 6) is -0.849. The van der Waals surface area contributed by atoms with Crippen LogP contribution in [0, 0.1) is 0 Å². The summed E-state index contributed by atoms with van der Waals surface area (Å²) >= 11 is 0. The number of amides is 1. The van der Waals surface area contributed by atoms with Crippen molar-refractivity contribution in [3.63, 3.8) is 0 Å². The molecule has 18 heavy (non-hydrogen) atoms. The van der Waals surface area contributed by atoms with Crippen LogP contribution in [0.15, 0.2) is 0 Å². The maximum Gasteiger partial charge on any atom is 0.305 e. The van der Waals surface area contributed by atoms with Gasteiger partial charge in [-0.05, 0) is 40.3 Å². The molecule has 5 heteroatoms. The Balaban J connectivity index is 2.57. The third-order valence-electron chi connectivity index (χ3n) is 3.95. The summed E-state index contributed by atoms with van der Waals surface area (Å²) in [6.45, 7) is 4.62. The van der Waals surface area contributed by atoms with Crippen molar-refractivity contribution in [2.75, 3.05) is 20.6 Å². The number of carboxylic acid groups (broad SMARTS) is 1. The van der Waals surface area contributed by atoms with Gasteiger partial charge in [0.2, 0.25) is 5.91 Å². The van der Waals surface area contributed by atoms with Gasteiger partial charge in [0.05, 0.1) is 6.42 Å². The first-order valence-electron chi connectivity index (χ1n) is 6.43. The van der Waals surface area contributed by atoms with E-state index in [1.165, 1.54) is 0 Å². The SMILES string of the molecule is CN1CCCC1CC(=O)N(C)C(C)(C)CC(=O)O. The lowest BCUT2D eigenvalue weighted by atomic mass is 9.97. The summed E-state index contributed by atoms with van der Waals surface area (Å²) < 4.78 is 0. The number of nitrogens with zero attached hydrogens (tertiary/aromatic N) is 2. The molecule has 104 valence electrons. The van der Waals surface area contributed by atoms with E-state index in [0.717, 1.165) is 19.4 Å². The number of carbonyl (C=O) groups excluding carboxylic acids is 1. The molecule has 1 aliphatic rings. The number of hydrogen-bond acceptors (Lipinski definition) is 3. The van der Waals surface area contributed by atoms with Gasteiger partial charge in [0, 0.05) is 25.0 Å². The zero-order chi connectivity index (χ0) is 13.9. The molecule has 0 bridgehead atoms. The first-order chi connectivity index (χ1) is 8.24. The van der Waals surface area contributed by atoms with E-state index in [-0.39, 0.29) is 12.3 Å². The number of likely N-dealkylation sites (tertiary alicyclic amines) is 1. The Hall–Kier alpha value is -1.10. The Morgan fingerprint density at radius 3 is 2.50 bits per heavy atom. The summed E-state index contributed by atoms with van der Waals surface area (Å²) in [4.78, 5) is 26.8. The standard InChI is InChI=1S/C13H24N2O3/c1-13(2,9-12(17)18)15(4)11(16)8-10-6-5-7-14(10)3/h10H,5-9H2,1-4H3,(H,17,18). The van der Waals surface area contributed by atoms with Crippen LogP contribution in [0.25, 0.3) is 0 Å². The fourth-order valence-corrected chi connectivity index (χ4v) is 2.40. The van der Waals surface area contributed by atoms with Gasteiger partial charge in [-0.25, -0.2) is 0 Å². The van der Waals surface area contributed by atoms with Crippen LogP contribution in [0.2, 0.25) is 0 Å². The van der Waals surface area contributed by atoms with Gasteiger partial charge < -0.3 is 14.9 Å². The largest absolute Gasteiger partial charge is 0.481 e. The van der Waals surface area contributed by atoms with E-state index in [1.807, 2.05) is 7.05 Å². The molecule has 1 aliphatic heterocycles.